The number of hydrogen-bond acceptors (Lipinski definition) is 4. The van der Waals surface area contributed by atoms with E-state index in [9.17, 15) is 13.4 Å². The van der Waals surface area contributed by atoms with Crippen molar-refractivity contribution in [3.8, 4) is 11.1 Å². The van der Waals surface area contributed by atoms with E-state index in [2.05, 4.69) is 21.2 Å². The third kappa shape index (κ3) is 3.21. The van der Waals surface area contributed by atoms with Gasteiger partial charge in [-0.3, -0.25) is 8.77 Å². The van der Waals surface area contributed by atoms with Crippen LogP contribution >= 0.6 is 30.3 Å². The van der Waals surface area contributed by atoms with Crippen LogP contribution in [0.1, 0.15) is 25.7 Å². The van der Waals surface area contributed by atoms with Gasteiger partial charge in [-0.15, -0.1) is 0 Å². The lowest BCUT2D eigenvalue weighted by Gasteiger charge is -2.16. The van der Waals surface area contributed by atoms with Gasteiger partial charge in [0.15, 0.2) is 0 Å². The zero-order chi connectivity index (χ0) is 20.1. The fourth-order valence-corrected chi connectivity index (χ4v) is 7.20. The molecule has 4 rings (SSSR count). The molecule has 0 spiro atoms. The van der Waals surface area contributed by atoms with Crippen molar-refractivity contribution in [2.75, 3.05) is 0 Å². The second-order valence-electron chi connectivity index (χ2n) is 7.08. The molecule has 1 aliphatic rings. The van der Waals surface area contributed by atoms with Crippen molar-refractivity contribution < 1.29 is 8.60 Å². The molecule has 1 N–H and O–H groups in total. The van der Waals surface area contributed by atoms with Crippen LogP contribution in [0.4, 0.5) is 4.39 Å². The molecule has 3 aromatic rings. The Hall–Kier alpha value is -1.33. The van der Waals surface area contributed by atoms with Gasteiger partial charge < -0.3 is 4.57 Å². The van der Waals surface area contributed by atoms with Crippen molar-refractivity contribution in [3.05, 3.63) is 52.8 Å². The average Bonchev–Trinajstić information content (AvgIpc) is 3.35. The van der Waals surface area contributed by atoms with Gasteiger partial charge in [0.25, 0.3) is 5.56 Å². The van der Waals surface area contributed by atoms with E-state index in [0.29, 0.717) is 21.4 Å². The molecule has 0 saturated heterocycles. The summed E-state index contributed by atoms with van der Waals surface area (Å²) < 4.78 is 39.7. The predicted molar refractivity (Wildman–Crippen MR) is 121 cm³/mol. The van der Waals surface area contributed by atoms with Crippen molar-refractivity contribution in [1.82, 2.24) is 8.54 Å². The molecule has 28 heavy (non-hydrogen) atoms. The Bertz CT molecular complexity index is 1230. The first-order valence-electron chi connectivity index (χ1n) is 8.92. The highest BCUT2D eigenvalue weighted by molar-refractivity contribution is 14.2. The third-order valence-electron chi connectivity index (χ3n) is 5.41. The van der Waals surface area contributed by atoms with E-state index in [1.54, 1.807) is 29.5 Å². The van der Waals surface area contributed by atoms with E-state index in [0.717, 1.165) is 25.7 Å². The lowest BCUT2D eigenvalue weighted by molar-refractivity contribution is 0.629. The minimum absolute atomic E-state index is 0.167. The molecule has 5 nitrogen and oxygen atoms in total. The maximum Gasteiger partial charge on any atom is 0.275 e. The first-order valence-corrected chi connectivity index (χ1v) is 13.9. The summed E-state index contributed by atoms with van der Waals surface area (Å²) in [5.41, 5.74) is 1.14. The molecule has 0 radical (unpaired) electrons. The lowest BCUT2D eigenvalue weighted by Crippen LogP contribution is -2.18. The highest BCUT2D eigenvalue weighted by Crippen LogP contribution is 2.36. The molecular weight excluding hydrogens is 512 g/mol. The van der Waals surface area contributed by atoms with Crippen molar-refractivity contribution in [2.24, 2.45) is 7.05 Å². The lowest BCUT2D eigenvalue weighted by atomic mass is 10.0. The summed E-state index contributed by atoms with van der Waals surface area (Å²) in [6.07, 6.45) is 6.90. The number of aromatic nitrogens is 2. The summed E-state index contributed by atoms with van der Waals surface area (Å²) in [5, 5.41) is 0.461. The summed E-state index contributed by atoms with van der Waals surface area (Å²) in [6.45, 7) is 0. The number of hydrogen-bond donors (Lipinski definition) is 1. The van der Waals surface area contributed by atoms with Crippen molar-refractivity contribution >= 4 is 51.0 Å². The van der Waals surface area contributed by atoms with E-state index in [4.69, 9.17) is 4.78 Å². The molecule has 1 unspecified atom stereocenters. The van der Waals surface area contributed by atoms with Gasteiger partial charge in [0.1, 0.15) is 11.3 Å². The molecular formula is C19H19FIN3O2S2. The topological polar surface area (TPSA) is 67.8 Å². The van der Waals surface area contributed by atoms with E-state index >= 15 is 0 Å². The average molecular weight is 531 g/mol. The Labute approximate surface area is 179 Å². The molecule has 0 bridgehead atoms. The Kier molecular flexibility index (Phi) is 5.34. The summed E-state index contributed by atoms with van der Waals surface area (Å²) in [6, 6.07) is 6.09. The maximum atomic E-state index is 14.8. The molecule has 1 fully saturated rings. The monoisotopic (exact) mass is 531 g/mol. The van der Waals surface area contributed by atoms with Crippen LogP contribution in [0.2, 0.25) is 0 Å². The van der Waals surface area contributed by atoms with E-state index in [-0.39, 0.29) is 16.4 Å². The number of nitrogens with one attached hydrogen (secondary N) is 1. The highest BCUT2D eigenvalue weighted by atomic mass is 127. The summed E-state index contributed by atoms with van der Waals surface area (Å²) in [7, 11) is -0.00555. The molecule has 0 amide bonds. The fourth-order valence-electron chi connectivity index (χ4n) is 3.91. The molecule has 2 aromatic heterocycles. The number of pyridine rings is 1. The fraction of sp³-hybridized carbons (Fsp3) is 0.316. The minimum Gasteiger partial charge on any atom is -0.316 e. The number of fused-ring (bicyclic) bond motifs is 1. The number of halogens is 2. The molecule has 1 saturated carbocycles. The Morgan fingerprint density at radius 1 is 1.25 bits per heavy atom. The van der Waals surface area contributed by atoms with Gasteiger partial charge in [-0.1, -0.05) is 12.8 Å². The number of aryl methyl sites for hydroxylation is 1. The third-order valence-corrected chi connectivity index (χ3v) is 9.50. The zero-order valence-electron chi connectivity index (χ0n) is 15.2. The van der Waals surface area contributed by atoms with Crippen molar-refractivity contribution in [3.63, 3.8) is 0 Å². The SMILES string of the molecule is Cn1cc(-c2cc(S(=N)(=O)C3CCCC3)ccc2F)c2ccn(SI)c2c1=O. The van der Waals surface area contributed by atoms with E-state index in [1.807, 2.05) is 0 Å². The summed E-state index contributed by atoms with van der Waals surface area (Å²) in [5.74, 6) is -0.458. The number of benzene rings is 1. The van der Waals surface area contributed by atoms with Crippen LogP contribution in [-0.2, 0) is 16.8 Å². The Morgan fingerprint density at radius 3 is 2.64 bits per heavy atom. The van der Waals surface area contributed by atoms with Crippen LogP contribution in [0.25, 0.3) is 22.0 Å². The molecule has 2 heterocycles. The molecule has 0 aliphatic heterocycles. The van der Waals surface area contributed by atoms with Gasteiger partial charge in [-0.2, -0.15) is 0 Å². The van der Waals surface area contributed by atoms with Crippen LogP contribution in [0.15, 0.2) is 46.3 Å². The number of rotatable bonds is 4. The van der Waals surface area contributed by atoms with Gasteiger partial charge in [-0.25, -0.2) is 13.4 Å². The van der Waals surface area contributed by atoms with Crippen LogP contribution in [0, 0.1) is 10.6 Å². The van der Waals surface area contributed by atoms with Crippen LogP contribution in [0.3, 0.4) is 0 Å². The normalized spacial score (nSPS) is 17.2. The van der Waals surface area contributed by atoms with Crippen LogP contribution < -0.4 is 5.56 Å². The van der Waals surface area contributed by atoms with Crippen LogP contribution in [-0.4, -0.2) is 18.0 Å². The van der Waals surface area contributed by atoms with Crippen molar-refractivity contribution in [2.45, 2.75) is 35.8 Å². The van der Waals surface area contributed by atoms with Crippen LogP contribution in [0.5, 0.6) is 0 Å². The first-order chi connectivity index (χ1) is 13.3. The van der Waals surface area contributed by atoms with Gasteiger partial charge in [0.05, 0.1) is 9.73 Å². The molecule has 1 aliphatic carbocycles. The summed E-state index contributed by atoms with van der Waals surface area (Å²) >= 11 is 2.09. The second kappa shape index (κ2) is 7.49. The van der Waals surface area contributed by atoms with Crippen molar-refractivity contribution in [1.29, 1.82) is 4.78 Å². The maximum absolute atomic E-state index is 14.8. The minimum atomic E-state index is -3.00. The molecule has 1 aromatic carbocycles. The largest absolute Gasteiger partial charge is 0.316 e. The van der Waals surface area contributed by atoms with Gasteiger partial charge in [0.2, 0.25) is 0 Å². The Morgan fingerprint density at radius 2 is 1.96 bits per heavy atom. The zero-order valence-corrected chi connectivity index (χ0v) is 18.9. The second-order valence-corrected chi connectivity index (χ2v) is 11.1. The predicted octanol–water partition coefficient (Wildman–Crippen LogP) is 5.34. The van der Waals surface area contributed by atoms with E-state index < -0.39 is 15.5 Å². The smallest absolute Gasteiger partial charge is 0.275 e. The van der Waals surface area contributed by atoms with E-state index in [1.165, 1.54) is 31.9 Å². The quantitative estimate of drug-likeness (QED) is 0.463. The highest BCUT2D eigenvalue weighted by Gasteiger charge is 2.28. The number of nitrogens with zero attached hydrogens (tertiary/aromatic N) is 2. The van der Waals surface area contributed by atoms with Gasteiger partial charge in [0, 0.05) is 76.4 Å². The standard InChI is InChI=1S/C19H19FIN3O2S2/c1-23-11-16(14-8-9-24(27-21)18(14)19(23)25)15-10-13(6-7-17(15)20)28(22,26)12-4-2-3-5-12/h6-12,22H,2-5H2,1H3. The molecule has 1 atom stereocenters. The Balaban J connectivity index is 1.95. The first kappa shape index (κ1) is 20.0. The molecule has 9 heteroatoms. The van der Waals surface area contributed by atoms with Gasteiger partial charge >= 0.3 is 0 Å². The molecule has 148 valence electrons. The van der Waals surface area contributed by atoms with Gasteiger partial charge in [-0.05, 0) is 37.1 Å². The summed E-state index contributed by atoms with van der Waals surface area (Å²) in [4.78, 5) is 13.0.